The highest BCUT2D eigenvalue weighted by Crippen LogP contribution is 2.34. The van der Waals surface area contributed by atoms with E-state index in [1.807, 2.05) is 25.1 Å². The van der Waals surface area contributed by atoms with Gasteiger partial charge >= 0.3 is 5.97 Å². The lowest BCUT2D eigenvalue weighted by Crippen LogP contribution is -2.42. The maximum absolute atomic E-state index is 11.1. The summed E-state index contributed by atoms with van der Waals surface area (Å²) in [4.78, 5) is 13.4. The van der Waals surface area contributed by atoms with Crippen molar-refractivity contribution in [2.75, 3.05) is 13.2 Å². The molecule has 0 aromatic heterocycles. The van der Waals surface area contributed by atoms with Gasteiger partial charge in [0, 0.05) is 17.6 Å². The number of aliphatic carboxylic acids is 1. The van der Waals surface area contributed by atoms with Gasteiger partial charge in [0.15, 0.2) is 0 Å². The SMILES string of the molecule is CCOc1ccccc1C(C)N1CCCCC1CC(=O)O. The first-order valence-electron chi connectivity index (χ1n) is 7.82. The smallest absolute Gasteiger partial charge is 0.304 e. The fraction of sp³-hybridized carbons (Fsp3) is 0.588. The van der Waals surface area contributed by atoms with E-state index in [-0.39, 0.29) is 18.5 Å². The molecule has 0 radical (unpaired) electrons. The highest BCUT2D eigenvalue weighted by Gasteiger charge is 2.30. The van der Waals surface area contributed by atoms with E-state index < -0.39 is 5.97 Å². The molecule has 1 heterocycles. The van der Waals surface area contributed by atoms with Gasteiger partial charge in [-0.3, -0.25) is 9.69 Å². The monoisotopic (exact) mass is 291 g/mol. The zero-order valence-electron chi connectivity index (χ0n) is 12.9. The standard InChI is InChI=1S/C17H25NO3/c1-3-21-16-10-5-4-9-15(16)13(2)18-11-7-6-8-14(18)12-17(19)20/h4-5,9-10,13-14H,3,6-8,11-12H2,1-2H3,(H,19,20). The molecule has 1 fully saturated rings. The van der Waals surface area contributed by atoms with Crippen molar-refractivity contribution in [3.63, 3.8) is 0 Å². The van der Waals surface area contributed by atoms with E-state index in [9.17, 15) is 4.79 Å². The first-order valence-corrected chi connectivity index (χ1v) is 7.82. The number of likely N-dealkylation sites (tertiary alicyclic amines) is 1. The van der Waals surface area contributed by atoms with Gasteiger partial charge < -0.3 is 9.84 Å². The molecule has 1 aliphatic rings. The number of nitrogens with zero attached hydrogens (tertiary/aromatic N) is 1. The van der Waals surface area contributed by atoms with E-state index in [2.05, 4.69) is 17.9 Å². The molecule has 0 spiro atoms. The number of ether oxygens (including phenoxy) is 1. The summed E-state index contributed by atoms with van der Waals surface area (Å²) in [6, 6.07) is 8.38. The number of carbonyl (C=O) groups is 1. The minimum absolute atomic E-state index is 0.126. The Morgan fingerprint density at radius 2 is 2.19 bits per heavy atom. The summed E-state index contributed by atoms with van der Waals surface area (Å²) < 4.78 is 5.72. The molecular weight excluding hydrogens is 266 g/mol. The Hall–Kier alpha value is -1.55. The average Bonchev–Trinajstić information content (AvgIpc) is 2.47. The van der Waals surface area contributed by atoms with Gasteiger partial charge in [0.05, 0.1) is 13.0 Å². The lowest BCUT2D eigenvalue weighted by Gasteiger charge is -2.39. The summed E-state index contributed by atoms with van der Waals surface area (Å²) in [6.07, 6.45) is 3.44. The molecule has 0 saturated carbocycles. The quantitative estimate of drug-likeness (QED) is 0.872. The van der Waals surface area contributed by atoms with Crippen LogP contribution >= 0.6 is 0 Å². The average molecular weight is 291 g/mol. The van der Waals surface area contributed by atoms with Crippen LogP contribution in [-0.4, -0.2) is 35.2 Å². The van der Waals surface area contributed by atoms with Gasteiger partial charge in [0.2, 0.25) is 0 Å². The third kappa shape index (κ3) is 3.97. The van der Waals surface area contributed by atoms with E-state index in [0.717, 1.165) is 37.1 Å². The van der Waals surface area contributed by atoms with Crippen LogP contribution in [0.1, 0.15) is 51.1 Å². The molecule has 0 bridgehead atoms. The van der Waals surface area contributed by atoms with Gasteiger partial charge in [0.25, 0.3) is 0 Å². The minimum Gasteiger partial charge on any atom is -0.494 e. The van der Waals surface area contributed by atoms with Gasteiger partial charge in [-0.25, -0.2) is 0 Å². The molecule has 0 aliphatic carbocycles. The van der Waals surface area contributed by atoms with E-state index >= 15 is 0 Å². The molecule has 1 saturated heterocycles. The summed E-state index contributed by atoms with van der Waals surface area (Å²) in [5.74, 6) is 0.198. The maximum Gasteiger partial charge on any atom is 0.304 e. The van der Waals surface area contributed by atoms with Gasteiger partial charge in [-0.1, -0.05) is 24.6 Å². The molecule has 4 nitrogen and oxygen atoms in total. The summed E-state index contributed by atoms with van der Waals surface area (Å²) in [5, 5.41) is 9.12. The summed E-state index contributed by atoms with van der Waals surface area (Å²) in [7, 11) is 0. The molecule has 2 unspecified atom stereocenters. The summed E-state index contributed by atoms with van der Waals surface area (Å²) in [6.45, 7) is 5.73. The second-order valence-electron chi connectivity index (χ2n) is 5.63. The van der Waals surface area contributed by atoms with Gasteiger partial charge in [0.1, 0.15) is 5.75 Å². The van der Waals surface area contributed by atoms with Crippen LogP contribution in [0.3, 0.4) is 0 Å². The molecule has 1 aromatic carbocycles. The van der Waals surface area contributed by atoms with Crippen LogP contribution in [0.4, 0.5) is 0 Å². The lowest BCUT2D eigenvalue weighted by molar-refractivity contribution is -0.139. The predicted octanol–water partition coefficient (Wildman–Crippen LogP) is 3.48. The Morgan fingerprint density at radius 1 is 1.43 bits per heavy atom. The van der Waals surface area contributed by atoms with Crippen LogP contribution in [0.5, 0.6) is 5.75 Å². The van der Waals surface area contributed by atoms with Crippen molar-refractivity contribution >= 4 is 5.97 Å². The molecule has 4 heteroatoms. The Morgan fingerprint density at radius 3 is 2.90 bits per heavy atom. The van der Waals surface area contributed by atoms with Crippen molar-refractivity contribution in [1.29, 1.82) is 0 Å². The molecule has 116 valence electrons. The molecule has 0 amide bonds. The molecular formula is C17H25NO3. The van der Waals surface area contributed by atoms with Crippen molar-refractivity contribution in [2.24, 2.45) is 0 Å². The van der Waals surface area contributed by atoms with Crippen LogP contribution in [-0.2, 0) is 4.79 Å². The van der Waals surface area contributed by atoms with Crippen LogP contribution in [0.25, 0.3) is 0 Å². The van der Waals surface area contributed by atoms with Crippen molar-refractivity contribution < 1.29 is 14.6 Å². The number of benzene rings is 1. The highest BCUT2D eigenvalue weighted by molar-refractivity contribution is 5.67. The second kappa shape index (κ2) is 7.46. The maximum atomic E-state index is 11.1. The van der Waals surface area contributed by atoms with Crippen LogP contribution < -0.4 is 4.74 Å². The second-order valence-corrected chi connectivity index (χ2v) is 5.63. The zero-order chi connectivity index (χ0) is 15.2. The highest BCUT2D eigenvalue weighted by atomic mass is 16.5. The van der Waals surface area contributed by atoms with Gasteiger partial charge in [-0.15, -0.1) is 0 Å². The third-order valence-corrected chi connectivity index (χ3v) is 4.25. The number of hydrogen-bond acceptors (Lipinski definition) is 3. The normalized spacial score (nSPS) is 21.0. The number of rotatable bonds is 6. The number of piperidine rings is 1. The topological polar surface area (TPSA) is 49.8 Å². The Kier molecular flexibility index (Phi) is 5.62. The number of carboxylic acids is 1. The van der Waals surface area contributed by atoms with E-state index in [1.54, 1.807) is 0 Å². The fourth-order valence-electron chi connectivity index (χ4n) is 3.24. The molecule has 1 N–H and O–H groups in total. The minimum atomic E-state index is -0.711. The van der Waals surface area contributed by atoms with Gasteiger partial charge in [-0.05, 0) is 39.3 Å². The van der Waals surface area contributed by atoms with E-state index in [4.69, 9.17) is 9.84 Å². The number of para-hydroxylation sites is 1. The molecule has 21 heavy (non-hydrogen) atoms. The molecule has 2 rings (SSSR count). The number of hydrogen-bond donors (Lipinski definition) is 1. The fourth-order valence-corrected chi connectivity index (χ4v) is 3.24. The first-order chi connectivity index (χ1) is 10.1. The van der Waals surface area contributed by atoms with E-state index in [1.165, 1.54) is 0 Å². The van der Waals surface area contributed by atoms with Crippen molar-refractivity contribution in [3.8, 4) is 5.75 Å². The van der Waals surface area contributed by atoms with Crippen molar-refractivity contribution in [1.82, 2.24) is 4.90 Å². The Bertz CT molecular complexity index is 475. The first kappa shape index (κ1) is 15.8. The molecule has 1 aliphatic heterocycles. The number of carboxylic acid groups (broad SMARTS) is 1. The van der Waals surface area contributed by atoms with Crippen molar-refractivity contribution in [2.45, 2.75) is 51.6 Å². The zero-order valence-corrected chi connectivity index (χ0v) is 12.9. The lowest BCUT2D eigenvalue weighted by atomic mass is 9.95. The largest absolute Gasteiger partial charge is 0.494 e. The Labute approximate surface area is 126 Å². The van der Waals surface area contributed by atoms with Crippen LogP contribution in [0.15, 0.2) is 24.3 Å². The van der Waals surface area contributed by atoms with Gasteiger partial charge in [-0.2, -0.15) is 0 Å². The van der Waals surface area contributed by atoms with Crippen LogP contribution in [0, 0.1) is 0 Å². The Balaban J connectivity index is 2.20. The summed E-state index contributed by atoms with van der Waals surface area (Å²) in [5.41, 5.74) is 1.15. The van der Waals surface area contributed by atoms with Crippen molar-refractivity contribution in [3.05, 3.63) is 29.8 Å². The molecule has 2 atom stereocenters. The molecule has 1 aromatic rings. The van der Waals surface area contributed by atoms with Crippen LogP contribution in [0.2, 0.25) is 0 Å². The third-order valence-electron chi connectivity index (χ3n) is 4.25. The van der Waals surface area contributed by atoms with E-state index in [0.29, 0.717) is 6.61 Å². The predicted molar refractivity (Wildman–Crippen MR) is 82.6 cm³/mol. The summed E-state index contributed by atoms with van der Waals surface area (Å²) >= 11 is 0.